The van der Waals surface area contributed by atoms with Crippen LogP contribution in [0.3, 0.4) is 0 Å². The van der Waals surface area contributed by atoms with Gasteiger partial charge in [-0.05, 0) is 62.8 Å². The third-order valence-corrected chi connectivity index (χ3v) is 6.84. The molecule has 3 aromatic rings. The van der Waals surface area contributed by atoms with Crippen molar-refractivity contribution in [2.24, 2.45) is 5.92 Å². The summed E-state index contributed by atoms with van der Waals surface area (Å²) in [5.74, 6) is -1.35. The van der Waals surface area contributed by atoms with Gasteiger partial charge in [0.1, 0.15) is 10.6 Å². The Morgan fingerprint density at radius 3 is 2.61 bits per heavy atom. The quantitative estimate of drug-likeness (QED) is 0.531. The number of aryl methyl sites for hydroxylation is 2. The number of carbonyl (C=O) groups is 1. The lowest BCUT2D eigenvalue weighted by Crippen LogP contribution is -2.33. The van der Waals surface area contributed by atoms with E-state index in [9.17, 15) is 19.4 Å². The molecule has 1 saturated carbocycles. The number of carboxylic acid groups (broad SMARTS) is 1. The summed E-state index contributed by atoms with van der Waals surface area (Å²) < 4.78 is 13.4. The summed E-state index contributed by atoms with van der Waals surface area (Å²) >= 11 is 1.41. The number of anilines is 2. The molecule has 0 bridgehead atoms. The Labute approximate surface area is 183 Å². The molecule has 4 rings (SSSR count). The Morgan fingerprint density at radius 2 is 1.94 bits per heavy atom. The van der Waals surface area contributed by atoms with Crippen molar-refractivity contribution in [2.75, 3.05) is 5.32 Å². The second-order valence-corrected chi connectivity index (χ2v) is 9.04. The maximum atomic E-state index is 13.4. The number of hydrogen-bond donors (Lipinski definition) is 3. The molecule has 0 saturated heterocycles. The summed E-state index contributed by atoms with van der Waals surface area (Å²) in [6.45, 7) is 3.55. The molecule has 3 N–H and O–H groups in total. The first-order valence-corrected chi connectivity index (χ1v) is 10.8. The van der Waals surface area contributed by atoms with Crippen LogP contribution in [-0.4, -0.2) is 31.1 Å². The van der Waals surface area contributed by atoms with E-state index in [2.05, 4.69) is 20.3 Å². The first-order chi connectivity index (χ1) is 14.7. The van der Waals surface area contributed by atoms with Crippen molar-refractivity contribution in [3.63, 3.8) is 0 Å². The fourth-order valence-corrected chi connectivity index (χ4v) is 4.87. The third-order valence-electron chi connectivity index (χ3n) is 5.60. The number of nitrogens with zero attached hydrogens (tertiary/aromatic N) is 3. The van der Waals surface area contributed by atoms with Gasteiger partial charge in [-0.3, -0.25) is 4.79 Å². The largest absolute Gasteiger partial charge is 0.481 e. The van der Waals surface area contributed by atoms with Gasteiger partial charge in [0.2, 0.25) is 5.95 Å². The second-order valence-electron chi connectivity index (χ2n) is 8.01. The van der Waals surface area contributed by atoms with Gasteiger partial charge in [0.15, 0.2) is 5.82 Å². The van der Waals surface area contributed by atoms with Crippen LogP contribution in [0.2, 0.25) is 0 Å². The van der Waals surface area contributed by atoms with Gasteiger partial charge in [0.05, 0.1) is 22.7 Å². The number of aliphatic hydroxyl groups is 1. The highest BCUT2D eigenvalue weighted by molar-refractivity contribution is 7.15. The first kappa shape index (κ1) is 21.3. The molecule has 0 radical (unpaired) electrons. The number of aromatic nitrogens is 3. The molecule has 1 aliphatic carbocycles. The van der Waals surface area contributed by atoms with Gasteiger partial charge >= 0.3 is 5.97 Å². The van der Waals surface area contributed by atoms with Gasteiger partial charge in [-0.15, -0.1) is 11.3 Å². The van der Waals surface area contributed by atoms with Crippen molar-refractivity contribution < 1.29 is 19.4 Å². The number of halogens is 1. The van der Waals surface area contributed by atoms with Gasteiger partial charge in [0, 0.05) is 11.9 Å². The third kappa shape index (κ3) is 4.57. The molecule has 7 nitrogen and oxygen atoms in total. The number of thiazole rings is 1. The molecule has 2 aromatic heterocycles. The predicted molar refractivity (Wildman–Crippen MR) is 116 cm³/mol. The first-order valence-electron chi connectivity index (χ1n) is 10.0. The number of benzene rings is 1. The molecular weight excluding hydrogens is 419 g/mol. The van der Waals surface area contributed by atoms with E-state index >= 15 is 0 Å². The maximum Gasteiger partial charge on any atom is 0.306 e. The van der Waals surface area contributed by atoms with E-state index in [1.165, 1.54) is 11.3 Å². The van der Waals surface area contributed by atoms with Crippen molar-refractivity contribution in [3.8, 4) is 10.4 Å². The normalized spacial score (nSPS) is 21.1. The molecule has 162 valence electrons. The van der Waals surface area contributed by atoms with Crippen LogP contribution in [0.15, 0.2) is 30.6 Å². The second kappa shape index (κ2) is 8.32. The Balaban J connectivity index is 1.56. The van der Waals surface area contributed by atoms with Crippen LogP contribution in [0, 0.1) is 25.6 Å². The van der Waals surface area contributed by atoms with Crippen molar-refractivity contribution in [1.29, 1.82) is 0 Å². The Kier molecular flexibility index (Phi) is 5.72. The zero-order valence-electron chi connectivity index (χ0n) is 17.2. The van der Waals surface area contributed by atoms with Crippen LogP contribution in [-0.2, 0) is 10.4 Å². The number of nitrogens with one attached hydrogen (secondary N) is 1. The van der Waals surface area contributed by atoms with Crippen LogP contribution in [0.5, 0.6) is 0 Å². The molecule has 1 aromatic carbocycles. The molecule has 0 atom stereocenters. The van der Waals surface area contributed by atoms with E-state index in [1.807, 2.05) is 25.1 Å². The Hall–Kier alpha value is -2.91. The molecule has 0 amide bonds. The molecule has 0 unspecified atom stereocenters. The molecule has 31 heavy (non-hydrogen) atoms. The van der Waals surface area contributed by atoms with Gasteiger partial charge < -0.3 is 15.5 Å². The summed E-state index contributed by atoms with van der Waals surface area (Å²) in [4.78, 5) is 24.6. The predicted octanol–water partition coefficient (Wildman–Crippen LogP) is 4.56. The summed E-state index contributed by atoms with van der Waals surface area (Å²) in [5, 5.41) is 24.0. The van der Waals surface area contributed by atoms with Gasteiger partial charge in [0.25, 0.3) is 0 Å². The smallest absolute Gasteiger partial charge is 0.306 e. The topological polar surface area (TPSA) is 108 Å². The number of rotatable bonds is 5. The minimum Gasteiger partial charge on any atom is -0.481 e. The lowest BCUT2D eigenvalue weighted by molar-refractivity contribution is -0.145. The van der Waals surface area contributed by atoms with E-state index in [0.29, 0.717) is 36.6 Å². The van der Waals surface area contributed by atoms with Crippen LogP contribution in [0.4, 0.5) is 16.0 Å². The Bertz CT molecular complexity index is 1130. The zero-order chi connectivity index (χ0) is 22.2. The molecule has 1 fully saturated rings. The van der Waals surface area contributed by atoms with Crippen LogP contribution in [0.1, 0.15) is 41.9 Å². The van der Waals surface area contributed by atoms with E-state index in [-0.39, 0.29) is 5.69 Å². The average Bonchev–Trinajstić information content (AvgIpc) is 3.22. The van der Waals surface area contributed by atoms with Gasteiger partial charge in [-0.25, -0.2) is 19.3 Å². The van der Waals surface area contributed by atoms with Gasteiger partial charge in [-0.1, -0.05) is 6.07 Å². The standard InChI is InChI=1S/C22H23FN4O3S/c1-12-7-15(9-16(8-12)27-21-25-10-17(23)13(2)26-21)18-11-24-20(31-18)22(30)5-3-14(4-6-22)19(28)29/h7-11,14,30H,3-6H2,1-2H3,(H,28,29)(H,25,26,27)/t14-,22-. The van der Waals surface area contributed by atoms with E-state index in [1.54, 1.807) is 13.1 Å². The fourth-order valence-electron chi connectivity index (χ4n) is 3.82. The highest BCUT2D eigenvalue weighted by Crippen LogP contribution is 2.43. The van der Waals surface area contributed by atoms with Crippen molar-refractivity contribution in [2.45, 2.75) is 45.1 Å². The van der Waals surface area contributed by atoms with Crippen LogP contribution < -0.4 is 5.32 Å². The molecule has 2 heterocycles. The number of hydrogen-bond acceptors (Lipinski definition) is 7. The summed E-state index contributed by atoms with van der Waals surface area (Å²) in [6.07, 6.45) is 4.53. The summed E-state index contributed by atoms with van der Waals surface area (Å²) in [5.41, 5.74) is 1.88. The minimum atomic E-state index is -1.08. The highest BCUT2D eigenvalue weighted by Gasteiger charge is 2.39. The van der Waals surface area contributed by atoms with Gasteiger partial charge in [-0.2, -0.15) is 0 Å². The minimum absolute atomic E-state index is 0.267. The molecular formula is C22H23FN4O3S. The SMILES string of the molecule is Cc1cc(Nc2ncc(F)c(C)n2)cc(-c2cnc([C@]3(O)CC[C@H](C(=O)O)CC3)s2)c1. The van der Waals surface area contributed by atoms with Crippen molar-refractivity contribution in [1.82, 2.24) is 15.0 Å². The van der Waals surface area contributed by atoms with Crippen LogP contribution in [0.25, 0.3) is 10.4 Å². The monoisotopic (exact) mass is 442 g/mol. The summed E-state index contributed by atoms with van der Waals surface area (Å²) in [6, 6.07) is 5.89. The number of aliphatic carboxylic acids is 1. The van der Waals surface area contributed by atoms with E-state index in [4.69, 9.17) is 0 Å². The Morgan fingerprint density at radius 1 is 1.19 bits per heavy atom. The lowest BCUT2D eigenvalue weighted by atomic mass is 9.79. The molecule has 1 aliphatic rings. The number of carboxylic acids is 1. The zero-order valence-corrected chi connectivity index (χ0v) is 18.0. The van der Waals surface area contributed by atoms with Crippen LogP contribution >= 0.6 is 11.3 Å². The average molecular weight is 443 g/mol. The maximum absolute atomic E-state index is 13.4. The highest BCUT2D eigenvalue weighted by atomic mass is 32.1. The lowest BCUT2D eigenvalue weighted by Gasteiger charge is -2.32. The van der Waals surface area contributed by atoms with E-state index < -0.39 is 23.3 Å². The molecule has 0 aliphatic heterocycles. The van der Waals surface area contributed by atoms with E-state index in [0.717, 1.165) is 27.9 Å². The van der Waals surface area contributed by atoms with Crippen molar-refractivity contribution >= 4 is 28.9 Å². The van der Waals surface area contributed by atoms with Crippen molar-refractivity contribution in [3.05, 3.63) is 52.7 Å². The molecule has 0 spiro atoms. The molecule has 9 heteroatoms. The summed E-state index contributed by atoms with van der Waals surface area (Å²) in [7, 11) is 0. The fraction of sp³-hybridized carbons (Fsp3) is 0.364.